The minimum Gasteiger partial charge on any atom is -0.480 e. The lowest BCUT2D eigenvalue weighted by molar-refractivity contribution is -0.142. The summed E-state index contributed by atoms with van der Waals surface area (Å²) in [7, 11) is 0. The second kappa shape index (κ2) is 14.9. The molecule has 1 aromatic carbocycles. The molecule has 0 aromatic heterocycles. The summed E-state index contributed by atoms with van der Waals surface area (Å²) in [5, 5.41) is 25.8. The van der Waals surface area contributed by atoms with Crippen molar-refractivity contribution < 1.29 is 34.2 Å². The van der Waals surface area contributed by atoms with Gasteiger partial charge in [-0.3, -0.25) is 19.2 Å². The summed E-state index contributed by atoms with van der Waals surface area (Å²) in [5.74, 6) is -4.24. The van der Waals surface area contributed by atoms with E-state index in [1.165, 1.54) is 11.8 Å². The van der Waals surface area contributed by atoms with Gasteiger partial charge in [-0.2, -0.15) is 11.8 Å². The van der Waals surface area contributed by atoms with Crippen LogP contribution in [0.5, 0.6) is 0 Å². The van der Waals surface area contributed by atoms with Gasteiger partial charge in [-0.15, -0.1) is 0 Å². The smallest absolute Gasteiger partial charge is 0.326 e. The van der Waals surface area contributed by atoms with Crippen LogP contribution in [0.1, 0.15) is 18.4 Å². The summed E-state index contributed by atoms with van der Waals surface area (Å²) < 4.78 is 0. The Kier molecular flexibility index (Phi) is 12.6. The number of aliphatic hydroxyl groups excluding tert-OH is 1. The maximum Gasteiger partial charge on any atom is 0.326 e. The molecule has 0 heterocycles. The molecule has 0 aliphatic carbocycles. The highest BCUT2D eigenvalue weighted by Crippen LogP contribution is 2.05. The summed E-state index contributed by atoms with van der Waals surface area (Å²) in [4.78, 5) is 60.5. The molecule has 1 rings (SSSR count). The lowest BCUT2D eigenvalue weighted by atomic mass is 10.0. The molecule has 0 spiro atoms. The first-order valence-corrected chi connectivity index (χ1v) is 11.8. The first-order chi connectivity index (χ1) is 16.1. The number of aliphatic hydroxyl groups is 1. The van der Waals surface area contributed by atoms with Gasteiger partial charge in [0, 0.05) is 6.42 Å². The summed E-state index contributed by atoms with van der Waals surface area (Å²) in [6.07, 6.45) is 1.52. The van der Waals surface area contributed by atoms with Crippen LogP contribution >= 0.6 is 11.8 Å². The van der Waals surface area contributed by atoms with Crippen LogP contribution in [0, 0.1) is 0 Å². The zero-order valence-corrected chi connectivity index (χ0v) is 19.5. The van der Waals surface area contributed by atoms with E-state index in [4.69, 9.17) is 11.5 Å². The Morgan fingerprint density at radius 1 is 0.941 bits per heavy atom. The van der Waals surface area contributed by atoms with E-state index in [0.29, 0.717) is 17.7 Å². The molecule has 4 unspecified atom stereocenters. The standard InChI is InChI=1S/C21H31N5O7S/c1-34-8-7-13(22)18(29)26-16(11-27)20(31)24-14(10-17(23)28)19(30)25-15(21(32)33)9-12-5-3-2-4-6-12/h2-6,13-16,27H,7-11,22H2,1H3,(H2,23,28)(H,24,31)(H,25,30)(H,26,29)(H,32,33). The van der Waals surface area contributed by atoms with Gasteiger partial charge in [0.15, 0.2) is 0 Å². The molecule has 4 amide bonds. The van der Waals surface area contributed by atoms with Crippen molar-refractivity contribution in [2.45, 2.75) is 43.4 Å². The minimum absolute atomic E-state index is 0.0393. The number of carbonyl (C=O) groups is 5. The molecule has 0 saturated carbocycles. The third-order valence-corrected chi connectivity index (χ3v) is 5.36. The predicted octanol–water partition coefficient (Wildman–Crippen LogP) is -2.28. The molecule has 12 nitrogen and oxygen atoms in total. The topological polar surface area (TPSA) is 214 Å². The highest BCUT2D eigenvalue weighted by molar-refractivity contribution is 7.98. The zero-order valence-electron chi connectivity index (χ0n) is 18.7. The maximum absolute atomic E-state index is 12.7. The van der Waals surface area contributed by atoms with Gasteiger partial charge in [-0.05, 0) is 24.0 Å². The van der Waals surface area contributed by atoms with Crippen molar-refractivity contribution in [2.24, 2.45) is 11.5 Å². The fourth-order valence-corrected chi connectivity index (χ4v) is 3.34. The van der Waals surface area contributed by atoms with E-state index >= 15 is 0 Å². The highest BCUT2D eigenvalue weighted by atomic mass is 32.2. The van der Waals surface area contributed by atoms with Crippen LogP contribution in [0.15, 0.2) is 30.3 Å². The molecule has 0 saturated heterocycles. The van der Waals surface area contributed by atoms with Gasteiger partial charge >= 0.3 is 5.97 Å². The Morgan fingerprint density at radius 3 is 2.03 bits per heavy atom. The van der Waals surface area contributed by atoms with Gasteiger partial charge in [0.05, 0.1) is 19.1 Å². The lowest BCUT2D eigenvalue weighted by Gasteiger charge is -2.24. The number of primary amides is 1. The van der Waals surface area contributed by atoms with Crippen LogP contribution in [0.3, 0.4) is 0 Å². The monoisotopic (exact) mass is 497 g/mol. The predicted molar refractivity (Wildman–Crippen MR) is 125 cm³/mol. The molecule has 1 aromatic rings. The third kappa shape index (κ3) is 10.2. The average Bonchev–Trinajstić information content (AvgIpc) is 2.79. The van der Waals surface area contributed by atoms with Crippen molar-refractivity contribution in [3.05, 3.63) is 35.9 Å². The quantitative estimate of drug-likeness (QED) is 0.139. The Hall–Kier alpha value is -3.16. The largest absolute Gasteiger partial charge is 0.480 e. The maximum atomic E-state index is 12.7. The lowest BCUT2D eigenvalue weighted by Crippen LogP contribution is -2.58. The summed E-state index contributed by atoms with van der Waals surface area (Å²) in [6, 6.07) is 3.31. The van der Waals surface area contributed by atoms with Crippen LogP contribution in [0.4, 0.5) is 0 Å². The van der Waals surface area contributed by atoms with E-state index in [2.05, 4.69) is 16.0 Å². The SMILES string of the molecule is CSCCC(N)C(=O)NC(CO)C(=O)NC(CC(N)=O)C(=O)NC(Cc1ccccc1)C(=O)O. The number of carboxylic acid groups (broad SMARTS) is 1. The highest BCUT2D eigenvalue weighted by Gasteiger charge is 2.31. The van der Waals surface area contributed by atoms with E-state index < -0.39 is 66.8 Å². The zero-order chi connectivity index (χ0) is 25.7. The molecule has 34 heavy (non-hydrogen) atoms. The molecule has 13 heteroatoms. The number of rotatable bonds is 15. The second-order valence-corrected chi connectivity index (χ2v) is 8.44. The molecular formula is C21H31N5O7S. The molecule has 9 N–H and O–H groups in total. The van der Waals surface area contributed by atoms with Crippen molar-refractivity contribution >= 4 is 41.4 Å². The fraction of sp³-hybridized carbons (Fsp3) is 0.476. The molecular weight excluding hydrogens is 466 g/mol. The van der Waals surface area contributed by atoms with Gasteiger partial charge < -0.3 is 37.6 Å². The van der Waals surface area contributed by atoms with Crippen molar-refractivity contribution in [1.82, 2.24) is 16.0 Å². The second-order valence-electron chi connectivity index (χ2n) is 7.45. The van der Waals surface area contributed by atoms with E-state index in [1.807, 2.05) is 6.26 Å². The Balaban J connectivity index is 2.88. The molecule has 0 aliphatic rings. The minimum atomic E-state index is -1.53. The van der Waals surface area contributed by atoms with Crippen molar-refractivity contribution in [3.8, 4) is 0 Å². The van der Waals surface area contributed by atoms with Crippen LogP contribution in [-0.2, 0) is 30.4 Å². The number of nitrogens with one attached hydrogen (secondary N) is 3. The van der Waals surface area contributed by atoms with E-state index in [-0.39, 0.29) is 6.42 Å². The van der Waals surface area contributed by atoms with E-state index in [9.17, 15) is 34.2 Å². The Labute approximate surface area is 201 Å². The van der Waals surface area contributed by atoms with Crippen LogP contribution in [-0.4, -0.2) is 82.6 Å². The number of benzene rings is 1. The summed E-state index contributed by atoms with van der Waals surface area (Å²) in [5.41, 5.74) is 11.6. The third-order valence-electron chi connectivity index (χ3n) is 4.72. The van der Waals surface area contributed by atoms with E-state index in [0.717, 1.165) is 0 Å². The number of amides is 4. The van der Waals surface area contributed by atoms with Gasteiger partial charge in [-0.25, -0.2) is 4.79 Å². The van der Waals surface area contributed by atoms with Gasteiger partial charge in [0.25, 0.3) is 0 Å². The Morgan fingerprint density at radius 2 is 1.50 bits per heavy atom. The number of nitrogens with two attached hydrogens (primary N) is 2. The normalized spacial score (nSPS) is 14.2. The van der Waals surface area contributed by atoms with Gasteiger partial charge in [-0.1, -0.05) is 30.3 Å². The first kappa shape index (κ1) is 28.9. The molecule has 4 atom stereocenters. The van der Waals surface area contributed by atoms with Crippen LogP contribution in [0.25, 0.3) is 0 Å². The molecule has 0 bridgehead atoms. The number of thioether (sulfide) groups is 1. The van der Waals surface area contributed by atoms with Gasteiger partial charge in [0.2, 0.25) is 23.6 Å². The van der Waals surface area contributed by atoms with Gasteiger partial charge in [0.1, 0.15) is 18.1 Å². The average molecular weight is 498 g/mol. The summed E-state index contributed by atoms with van der Waals surface area (Å²) >= 11 is 1.48. The molecule has 0 aliphatic heterocycles. The van der Waals surface area contributed by atoms with Crippen LogP contribution in [0.2, 0.25) is 0 Å². The number of hydrogen-bond acceptors (Lipinski definition) is 8. The number of carboxylic acids is 1. The molecule has 188 valence electrons. The van der Waals surface area contributed by atoms with Crippen molar-refractivity contribution in [1.29, 1.82) is 0 Å². The number of hydrogen-bond donors (Lipinski definition) is 7. The summed E-state index contributed by atoms with van der Waals surface area (Å²) in [6.45, 7) is -0.802. The van der Waals surface area contributed by atoms with E-state index in [1.54, 1.807) is 30.3 Å². The number of carbonyl (C=O) groups excluding carboxylic acids is 4. The van der Waals surface area contributed by atoms with Crippen molar-refractivity contribution in [3.63, 3.8) is 0 Å². The van der Waals surface area contributed by atoms with Crippen LogP contribution < -0.4 is 27.4 Å². The Bertz CT molecular complexity index is 855. The number of aliphatic carboxylic acids is 1. The molecule has 0 radical (unpaired) electrons. The fourth-order valence-electron chi connectivity index (χ4n) is 2.85. The van der Waals surface area contributed by atoms with Crippen molar-refractivity contribution in [2.75, 3.05) is 18.6 Å². The molecule has 0 fully saturated rings. The first-order valence-electron chi connectivity index (χ1n) is 10.4.